The average Bonchev–Trinajstić information content (AvgIpc) is 2.38. The zero-order valence-corrected chi connectivity index (χ0v) is 12.2. The summed E-state index contributed by atoms with van der Waals surface area (Å²) in [5, 5.41) is 11.2. The van der Waals surface area contributed by atoms with Gasteiger partial charge in [-0.25, -0.2) is 0 Å². The Labute approximate surface area is 122 Å². The Morgan fingerprint density at radius 2 is 1.79 bits per heavy atom. The van der Waals surface area contributed by atoms with Gasteiger partial charge >= 0.3 is 0 Å². The molecule has 0 unspecified atom stereocenters. The first-order valence-electron chi connectivity index (χ1n) is 5.97. The fraction of sp³-hybridized carbons (Fsp3) is 0.200. The maximum Gasteiger partial charge on any atom is 0.173 e. The van der Waals surface area contributed by atoms with Gasteiger partial charge in [0.2, 0.25) is 0 Å². The normalized spacial score (nSPS) is 10.5. The highest BCUT2D eigenvalue weighted by atomic mass is 35.5. The highest BCUT2D eigenvalue weighted by Gasteiger charge is 2.13. The number of halogens is 2. The van der Waals surface area contributed by atoms with Gasteiger partial charge in [0.25, 0.3) is 0 Å². The molecule has 0 fully saturated rings. The molecule has 0 aromatic heterocycles. The zero-order chi connectivity index (χ0) is 14.0. The minimum atomic E-state index is 0.0776. The summed E-state index contributed by atoms with van der Waals surface area (Å²) in [6.45, 7) is 3.86. The van der Waals surface area contributed by atoms with Crippen LogP contribution in [0.1, 0.15) is 18.1 Å². The van der Waals surface area contributed by atoms with Crippen LogP contribution in [0.15, 0.2) is 30.3 Å². The number of phenolic OH excluding ortho intramolecular Hbond substituents is 1. The monoisotopic (exact) mass is 296 g/mol. The molecule has 0 amide bonds. The second-order valence-corrected chi connectivity index (χ2v) is 5.06. The lowest BCUT2D eigenvalue weighted by Gasteiger charge is -2.13. The van der Waals surface area contributed by atoms with E-state index in [9.17, 15) is 5.11 Å². The third kappa shape index (κ3) is 2.96. The van der Waals surface area contributed by atoms with Crippen LogP contribution in [-0.2, 0) is 6.42 Å². The number of hydrogen-bond acceptors (Lipinski definition) is 2. The molecular weight excluding hydrogens is 283 g/mol. The van der Waals surface area contributed by atoms with Gasteiger partial charge in [-0.1, -0.05) is 30.1 Å². The van der Waals surface area contributed by atoms with Gasteiger partial charge in [0.1, 0.15) is 5.75 Å². The molecule has 19 heavy (non-hydrogen) atoms. The van der Waals surface area contributed by atoms with Crippen molar-refractivity contribution in [2.75, 3.05) is 0 Å². The first kappa shape index (κ1) is 14.0. The van der Waals surface area contributed by atoms with Gasteiger partial charge in [-0.15, -0.1) is 0 Å². The zero-order valence-electron chi connectivity index (χ0n) is 10.7. The minimum Gasteiger partial charge on any atom is -0.504 e. The van der Waals surface area contributed by atoms with E-state index in [0.717, 1.165) is 11.1 Å². The van der Waals surface area contributed by atoms with Crippen LogP contribution in [0.3, 0.4) is 0 Å². The Morgan fingerprint density at radius 1 is 1.11 bits per heavy atom. The fourth-order valence-electron chi connectivity index (χ4n) is 1.83. The van der Waals surface area contributed by atoms with Gasteiger partial charge in [-0.05, 0) is 49.2 Å². The molecule has 0 atom stereocenters. The molecule has 0 saturated carbocycles. The van der Waals surface area contributed by atoms with Crippen molar-refractivity contribution in [1.29, 1.82) is 0 Å². The molecule has 1 N–H and O–H groups in total. The van der Waals surface area contributed by atoms with Crippen LogP contribution >= 0.6 is 23.2 Å². The second kappa shape index (κ2) is 5.72. The summed E-state index contributed by atoms with van der Waals surface area (Å²) in [5.74, 6) is 1.10. The van der Waals surface area contributed by atoms with Crippen molar-refractivity contribution in [3.63, 3.8) is 0 Å². The number of benzene rings is 2. The SMILES string of the molecule is CCc1c(Cl)ccc(O)c1Oc1ccc(Cl)c(C)c1. The summed E-state index contributed by atoms with van der Waals surface area (Å²) in [4.78, 5) is 0. The van der Waals surface area contributed by atoms with E-state index in [2.05, 4.69) is 0 Å². The van der Waals surface area contributed by atoms with E-state index in [-0.39, 0.29) is 5.75 Å². The number of hydrogen-bond donors (Lipinski definition) is 1. The highest BCUT2D eigenvalue weighted by molar-refractivity contribution is 6.31. The van der Waals surface area contributed by atoms with Gasteiger partial charge in [-0.2, -0.15) is 0 Å². The van der Waals surface area contributed by atoms with Crippen molar-refractivity contribution < 1.29 is 9.84 Å². The summed E-state index contributed by atoms with van der Waals surface area (Å²) in [7, 11) is 0. The third-order valence-corrected chi connectivity index (χ3v) is 3.66. The molecule has 0 heterocycles. The lowest BCUT2D eigenvalue weighted by molar-refractivity contribution is 0.407. The van der Waals surface area contributed by atoms with Crippen molar-refractivity contribution in [3.05, 3.63) is 51.5 Å². The number of phenols is 1. The van der Waals surface area contributed by atoms with Crippen molar-refractivity contribution in [2.24, 2.45) is 0 Å². The quantitative estimate of drug-likeness (QED) is 0.826. The molecule has 2 nitrogen and oxygen atoms in total. The lowest BCUT2D eigenvalue weighted by Crippen LogP contribution is -1.93. The Morgan fingerprint density at radius 3 is 2.42 bits per heavy atom. The van der Waals surface area contributed by atoms with Crippen LogP contribution in [0, 0.1) is 6.92 Å². The molecule has 2 aromatic rings. The molecule has 0 aliphatic heterocycles. The van der Waals surface area contributed by atoms with E-state index in [1.165, 1.54) is 6.07 Å². The lowest BCUT2D eigenvalue weighted by atomic mass is 10.1. The molecule has 0 bridgehead atoms. The van der Waals surface area contributed by atoms with Crippen LogP contribution in [-0.4, -0.2) is 5.11 Å². The third-order valence-electron chi connectivity index (χ3n) is 2.89. The van der Waals surface area contributed by atoms with Crippen molar-refractivity contribution in [2.45, 2.75) is 20.3 Å². The maximum atomic E-state index is 9.92. The molecule has 0 aliphatic carbocycles. The van der Waals surface area contributed by atoms with E-state index in [1.54, 1.807) is 18.2 Å². The molecule has 0 aliphatic rings. The molecule has 2 aromatic carbocycles. The largest absolute Gasteiger partial charge is 0.504 e. The summed E-state index contributed by atoms with van der Waals surface area (Å²) in [6.07, 6.45) is 0.676. The predicted molar refractivity (Wildman–Crippen MR) is 78.8 cm³/mol. The Hall–Kier alpha value is -1.38. The number of aryl methyl sites for hydroxylation is 1. The van der Waals surface area contributed by atoms with Gasteiger partial charge < -0.3 is 9.84 Å². The Bertz CT molecular complexity index is 609. The number of ether oxygens (including phenoxy) is 1. The van der Waals surface area contributed by atoms with Crippen LogP contribution < -0.4 is 4.74 Å². The van der Waals surface area contributed by atoms with Gasteiger partial charge in [0, 0.05) is 15.6 Å². The van der Waals surface area contributed by atoms with Gasteiger partial charge in [-0.3, -0.25) is 0 Å². The minimum absolute atomic E-state index is 0.0776. The second-order valence-electron chi connectivity index (χ2n) is 4.24. The predicted octanol–water partition coefficient (Wildman–Crippen LogP) is 5.36. The van der Waals surface area contributed by atoms with Crippen molar-refractivity contribution in [1.82, 2.24) is 0 Å². The van der Waals surface area contributed by atoms with E-state index >= 15 is 0 Å². The standard InChI is InChI=1S/C15H14Cl2O2/c1-3-11-13(17)6-7-14(18)15(11)19-10-4-5-12(16)9(2)8-10/h4-8,18H,3H2,1-2H3. The first-order chi connectivity index (χ1) is 9.02. The van der Waals surface area contributed by atoms with Crippen LogP contribution in [0.5, 0.6) is 17.2 Å². The molecular formula is C15H14Cl2O2. The molecule has 0 saturated heterocycles. The fourth-order valence-corrected chi connectivity index (χ4v) is 2.23. The van der Waals surface area contributed by atoms with Crippen molar-refractivity contribution in [3.8, 4) is 17.2 Å². The van der Waals surface area contributed by atoms with Crippen LogP contribution in [0.4, 0.5) is 0 Å². The van der Waals surface area contributed by atoms with Gasteiger partial charge in [0.05, 0.1) is 0 Å². The molecule has 0 spiro atoms. The summed E-state index contributed by atoms with van der Waals surface area (Å²) in [5.41, 5.74) is 1.70. The summed E-state index contributed by atoms with van der Waals surface area (Å²) < 4.78 is 5.75. The average molecular weight is 297 g/mol. The van der Waals surface area contributed by atoms with Crippen LogP contribution in [0.25, 0.3) is 0 Å². The Kier molecular flexibility index (Phi) is 4.23. The van der Waals surface area contributed by atoms with Crippen LogP contribution in [0.2, 0.25) is 10.0 Å². The molecule has 2 rings (SSSR count). The number of rotatable bonds is 3. The van der Waals surface area contributed by atoms with Crippen molar-refractivity contribution >= 4 is 23.2 Å². The molecule has 0 radical (unpaired) electrons. The first-order valence-corrected chi connectivity index (χ1v) is 6.73. The van der Waals surface area contributed by atoms with Gasteiger partial charge in [0.15, 0.2) is 11.5 Å². The smallest absolute Gasteiger partial charge is 0.173 e. The van der Waals surface area contributed by atoms with E-state index in [4.69, 9.17) is 27.9 Å². The number of aromatic hydroxyl groups is 1. The summed E-state index contributed by atoms with van der Waals surface area (Å²) >= 11 is 12.1. The highest BCUT2D eigenvalue weighted by Crippen LogP contribution is 2.39. The molecule has 4 heteroatoms. The van der Waals surface area contributed by atoms with E-state index in [0.29, 0.717) is 28.0 Å². The maximum absolute atomic E-state index is 9.92. The molecule has 100 valence electrons. The van der Waals surface area contributed by atoms with E-state index in [1.807, 2.05) is 19.9 Å². The topological polar surface area (TPSA) is 29.5 Å². The summed E-state index contributed by atoms with van der Waals surface area (Å²) in [6, 6.07) is 8.53. The Balaban J connectivity index is 2.42. The van der Waals surface area contributed by atoms with E-state index < -0.39 is 0 Å².